The second kappa shape index (κ2) is 5.98. The largest absolute Gasteiger partial charge is 0.438 e. The first-order valence-corrected chi connectivity index (χ1v) is 6.06. The van der Waals surface area contributed by atoms with Crippen molar-refractivity contribution in [3.63, 3.8) is 0 Å². The molecule has 2 aromatic rings. The van der Waals surface area contributed by atoms with Crippen LogP contribution in [0.4, 0.5) is 0 Å². The van der Waals surface area contributed by atoms with Crippen LogP contribution in [0.5, 0.6) is 11.6 Å². The molecule has 0 spiro atoms. The number of aryl methyl sites for hydroxylation is 1. The van der Waals surface area contributed by atoms with Crippen LogP contribution in [0.1, 0.15) is 16.7 Å². The van der Waals surface area contributed by atoms with Gasteiger partial charge in [0.05, 0.1) is 5.56 Å². The van der Waals surface area contributed by atoms with E-state index in [9.17, 15) is 0 Å². The first-order chi connectivity index (χ1) is 9.22. The van der Waals surface area contributed by atoms with Gasteiger partial charge in [-0.1, -0.05) is 12.1 Å². The SMILES string of the molecule is Cc1ccc(Oc2ccc(CCN)cc2C#N)nc1. The van der Waals surface area contributed by atoms with Crippen molar-refractivity contribution in [3.8, 4) is 17.7 Å². The minimum atomic E-state index is 0.480. The third-order valence-electron chi connectivity index (χ3n) is 2.70. The van der Waals surface area contributed by atoms with Crippen LogP contribution in [-0.2, 0) is 6.42 Å². The molecule has 2 N–H and O–H groups in total. The number of benzene rings is 1. The maximum Gasteiger partial charge on any atom is 0.219 e. The van der Waals surface area contributed by atoms with Gasteiger partial charge in [-0.05, 0) is 43.1 Å². The van der Waals surface area contributed by atoms with Crippen LogP contribution in [0.2, 0.25) is 0 Å². The molecule has 0 aliphatic carbocycles. The van der Waals surface area contributed by atoms with E-state index in [-0.39, 0.29) is 0 Å². The molecule has 0 aliphatic rings. The Morgan fingerprint density at radius 3 is 2.79 bits per heavy atom. The zero-order chi connectivity index (χ0) is 13.7. The van der Waals surface area contributed by atoms with Gasteiger partial charge < -0.3 is 10.5 Å². The lowest BCUT2D eigenvalue weighted by Crippen LogP contribution is -2.03. The fraction of sp³-hybridized carbons (Fsp3) is 0.200. The minimum Gasteiger partial charge on any atom is -0.438 e. The lowest BCUT2D eigenvalue weighted by Gasteiger charge is -2.08. The third-order valence-corrected chi connectivity index (χ3v) is 2.70. The Kier molecular flexibility index (Phi) is 4.11. The number of ether oxygens (including phenoxy) is 1. The van der Waals surface area contributed by atoms with E-state index in [1.807, 2.05) is 19.1 Å². The predicted octanol–water partition coefficient (Wildman–Crippen LogP) is 2.56. The Labute approximate surface area is 112 Å². The zero-order valence-corrected chi connectivity index (χ0v) is 10.8. The molecule has 4 nitrogen and oxygen atoms in total. The normalized spacial score (nSPS) is 9.95. The van der Waals surface area contributed by atoms with Gasteiger partial charge in [0.25, 0.3) is 0 Å². The van der Waals surface area contributed by atoms with Crippen molar-refractivity contribution in [1.29, 1.82) is 5.26 Å². The van der Waals surface area contributed by atoms with Gasteiger partial charge in [-0.25, -0.2) is 4.98 Å². The van der Waals surface area contributed by atoms with E-state index in [4.69, 9.17) is 15.7 Å². The van der Waals surface area contributed by atoms with Crippen molar-refractivity contribution in [2.24, 2.45) is 5.73 Å². The average molecular weight is 253 g/mol. The maximum atomic E-state index is 9.15. The van der Waals surface area contributed by atoms with Crippen molar-refractivity contribution in [1.82, 2.24) is 4.98 Å². The standard InChI is InChI=1S/C15H15N3O/c1-11-2-5-15(18-10-11)19-14-4-3-12(6-7-16)8-13(14)9-17/h2-5,8,10H,6-7,16H2,1H3. The molecule has 1 heterocycles. The van der Waals surface area contributed by atoms with Gasteiger partial charge in [0, 0.05) is 12.3 Å². The van der Waals surface area contributed by atoms with Gasteiger partial charge in [-0.3, -0.25) is 0 Å². The van der Waals surface area contributed by atoms with Crippen LogP contribution in [0.25, 0.3) is 0 Å². The van der Waals surface area contributed by atoms with Gasteiger partial charge in [-0.2, -0.15) is 5.26 Å². The molecule has 0 saturated carbocycles. The highest BCUT2D eigenvalue weighted by molar-refractivity contribution is 5.46. The van der Waals surface area contributed by atoms with E-state index in [2.05, 4.69) is 11.1 Å². The Morgan fingerprint density at radius 1 is 1.32 bits per heavy atom. The van der Waals surface area contributed by atoms with Crippen molar-refractivity contribution in [3.05, 3.63) is 53.2 Å². The number of rotatable bonds is 4. The van der Waals surface area contributed by atoms with Gasteiger partial charge >= 0.3 is 0 Å². The van der Waals surface area contributed by atoms with Crippen molar-refractivity contribution < 1.29 is 4.74 Å². The smallest absolute Gasteiger partial charge is 0.219 e. The Morgan fingerprint density at radius 2 is 2.16 bits per heavy atom. The van der Waals surface area contributed by atoms with Crippen LogP contribution >= 0.6 is 0 Å². The maximum absolute atomic E-state index is 9.15. The fourth-order valence-electron chi connectivity index (χ4n) is 1.70. The molecule has 0 aliphatic heterocycles. The fourth-order valence-corrected chi connectivity index (χ4v) is 1.70. The van der Waals surface area contributed by atoms with E-state index in [0.29, 0.717) is 23.7 Å². The summed E-state index contributed by atoms with van der Waals surface area (Å²) in [7, 11) is 0. The molecular weight excluding hydrogens is 238 g/mol. The average Bonchev–Trinajstić information content (AvgIpc) is 2.43. The molecule has 0 unspecified atom stereocenters. The number of hydrogen-bond donors (Lipinski definition) is 1. The van der Waals surface area contributed by atoms with E-state index >= 15 is 0 Å². The minimum absolute atomic E-state index is 0.480. The molecule has 19 heavy (non-hydrogen) atoms. The molecule has 0 atom stereocenters. The molecule has 2 rings (SSSR count). The molecule has 1 aromatic heterocycles. The lowest BCUT2D eigenvalue weighted by molar-refractivity contribution is 0.461. The van der Waals surface area contributed by atoms with E-state index in [1.165, 1.54) is 0 Å². The van der Waals surface area contributed by atoms with E-state index in [1.54, 1.807) is 24.4 Å². The number of pyridine rings is 1. The summed E-state index contributed by atoms with van der Waals surface area (Å²) < 4.78 is 5.62. The Balaban J connectivity index is 2.25. The van der Waals surface area contributed by atoms with Crippen molar-refractivity contribution in [2.45, 2.75) is 13.3 Å². The van der Waals surface area contributed by atoms with Gasteiger partial charge in [0.15, 0.2) is 0 Å². The van der Waals surface area contributed by atoms with Crippen LogP contribution in [0.3, 0.4) is 0 Å². The molecular formula is C15H15N3O. The number of hydrogen-bond acceptors (Lipinski definition) is 4. The number of nitrogens with two attached hydrogens (primary N) is 1. The number of nitriles is 1. The molecule has 0 fully saturated rings. The first kappa shape index (κ1) is 13.1. The monoisotopic (exact) mass is 253 g/mol. The summed E-state index contributed by atoms with van der Waals surface area (Å²) >= 11 is 0. The van der Waals surface area contributed by atoms with Crippen LogP contribution in [0.15, 0.2) is 36.5 Å². The zero-order valence-electron chi connectivity index (χ0n) is 10.8. The van der Waals surface area contributed by atoms with Crippen LogP contribution in [-0.4, -0.2) is 11.5 Å². The molecule has 1 aromatic carbocycles. The highest BCUT2D eigenvalue weighted by atomic mass is 16.5. The molecule has 4 heteroatoms. The second-order valence-corrected chi connectivity index (χ2v) is 4.26. The molecule has 0 radical (unpaired) electrons. The summed E-state index contributed by atoms with van der Waals surface area (Å²) in [5, 5.41) is 9.15. The van der Waals surface area contributed by atoms with Crippen molar-refractivity contribution in [2.75, 3.05) is 6.54 Å². The van der Waals surface area contributed by atoms with E-state index < -0.39 is 0 Å². The highest BCUT2D eigenvalue weighted by Crippen LogP contribution is 2.24. The highest BCUT2D eigenvalue weighted by Gasteiger charge is 2.06. The Hall–Kier alpha value is -2.38. The summed E-state index contributed by atoms with van der Waals surface area (Å²) in [5.74, 6) is 0.994. The van der Waals surface area contributed by atoms with Crippen LogP contribution < -0.4 is 10.5 Å². The van der Waals surface area contributed by atoms with Crippen molar-refractivity contribution >= 4 is 0 Å². The second-order valence-electron chi connectivity index (χ2n) is 4.26. The molecule has 0 saturated heterocycles. The molecule has 0 amide bonds. The quantitative estimate of drug-likeness (QED) is 0.908. The third kappa shape index (κ3) is 3.30. The van der Waals surface area contributed by atoms with E-state index in [0.717, 1.165) is 17.5 Å². The summed E-state index contributed by atoms with van der Waals surface area (Å²) in [6, 6.07) is 11.3. The molecule has 96 valence electrons. The lowest BCUT2D eigenvalue weighted by atomic mass is 10.1. The van der Waals surface area contributed by atoms with Gasteiger partial charge in [0.2, 0.25) is 5.88 Å². The molecule has 0 bridgehead atoms. The summed E-state index contributed by atoms with van der Waals surface area (Å²) in [5.41, 5.74) is 8.09. The Bertz CT molecular complexity index is 600. The summed E-state index contributed by atoms with van der Waals surface area (Å²) in [6.45, 7) is 2.52. The summed E-state index contributed by atoms with van der Waals surface area (Å²) in [4.78, 5) is 4.16. The summed E-state index contributed by atoms with van der Waals surface area (Å²) in [6.07, 6.45) is 2.47. The number of nitrogens with zero attached hydrogens (tertiary/aromatic N) is 2. The topological polar surface area (TPSA) is 71.9 Å². The van der Waals surface area contributed by atoms with Crippen LogP contribution in [0, 0.1) is 18.3 Å². The van der Waals surface area contributed by atoms with Gasteiger partial charge in [0.1, 0.15) is 11.8 Å². The van der Waals surface area contributed by atoms with Gasteiger partial charge in [-0.15, -0.1) is 0 Å². The number of aromatic nitrogens is 1. The predicted molar refractivity (Wildman–Crippen MR) is 73.0 cm³/mol. The first-order valence-electron chi connectivity index (χ1n) is 6.06.